The van der Waals surface area contributed by atoms with Crippen LogP contribution in [0.2, 0.25) is 0 Å². The molecule has 2 aromatic rings. The molecule has 2 rings (SSSR count). The van der Waals surface area contributed by atoms with Crippen LogP contribution in [-0.4, -0.2) is 13.0 Å². The van der Waals surface area contributed by atoms with Gasteiger partial charge in [0.2, 0.25) is 0 Å². The van der Waals surface area contributed by atoms with E-state index >= 15 is 0 Å². The van der Waals surface area contributed by atoms with Crippen LogP contribution in [0.3, 0.4) is 0 Å². The number of aryl methyl sites for hydroxylation is 1. The molecule has 1 N–H and O–H groups in total. The molecule has 0 aliphatic carbocycles. The Labute approximate surface area is 125 Å². The summed E-state index contributed by atoms with van der Waals surface area (Å²) in [4.78, 5) is 12.3. The van der Waals surface area contributed by atoms with Gasteiger partial charge in [-0.2, -0.15) is 0 Å². The molecule has 0 saturated carbocycles. The number of amides is 1. The molecule has 0 atom stereocenters. The fourth-order valence-electron chi connectivity index (χ4n) is 2.06. The first-order chi connectivity index (χ1) is 9.82. The number of rotatable bonds is 3. The summed E-state index contributed by atoms with van der Waals surface area (Å²) in [7, 11) is 1.58. The largest absolute Gasteiger partial charge is 0.495 e. The van der Waals surface area contributed by atoms with E-state index in [4.69, 9.17) is 9.15 Å². The van der Waals surface area contributed by atoms with Crippen LogP contribution in [0.5, 0.6) is 5.75 Å². The van der Waals surface area contributed by atoms with E-state index in [1.165, 1.54) is 6.26 Å². The van der Waals surface area contributed by atoms with Crippen molar-refractivity contribution in [3.8, 4) is 5.75 Å². The highest BCUT2D eigenvalue weighted by molar-refractivity contribution is 6.04. The number of ether oxygens (including phenoxy) is 1. The molecule has 0 aliphatic rings. The van der Waals surface area contributed by atoms with Gasteiger partial charge < -0.3 is 14.5 Å². The number of carbonyl (C=O) groups is 1. The molecule has 0 unspecified atom stereocenters. The molecule has 0 radical (unpaired) electrons. The molecule has 4 nitrogen and oxygen atoms in total. The van der Waals surface area contributed by atoms with Gasteiger partial charge in [-0.15, -0.1) is 0 Å². The minimum absolute atomic E-state index is 0.00759. The molecule has 21 heavy (non-hydrogen) atoms. The minimum Gasteiger partial charge on any atom is -0.495 e. The van der Waals surface area contributed by atoms with E-state index in [9.17, 15) is 4.79 Å². The van der Waals surface area contributed by atoms with Crippen molar-refractivity contribution in [3.05, 3.63) is 47.4 Å². The van der Waals surface area contributed by atoms with E-state index in [2.05, 4.69) is 26.1 Å². The average Bonchev–Trinajstić information content (AvgIpc) is 2.84. The molecule has 0 spiro atoms. The summed E-state index contributed by atoms with van der Waals surface area (Å²) in [5.41, 5.74) is 2.56. The van der Waals surface area contributed by atoms with Crippen LogP contribution < -0.4 is 10.1 Å². The Balaban J connectivity index is 2.34. The van der Waals surface area contributed by atoms with Crippen molar-refractivity contribution in [3.63, 3.8) is 0 Å². The van der Waals surface area contributed by atoms with Crippen molar-refractivity contribution < 1.29 is 13.9 Å². The van der Waals surface area contributed by atoms with Gasteiger partial charge in [0.15, 0.2) is 5.76 Å². The summed E-state index contributed by atoms with van der Waals surface area (Å²) in [6, 6.07) is 7.57. The van der Waals surface area contributed by atoms with Gasteiger partial charge in [0.1, 0.15) is 5.75 Å². The Bertz CT molecular complexity index is 650. The molecular formula is C17H21NO3. The lowest BCUT2D eigenvalue weighted by molar-refractivity contribution is 0.0995. The Kier molecular flexibility index (Phi) is 4.07. The van der Waals surface area contributed by atoms with Crippen LogP contribution in [0.25, 0.3) is 0 Å². The molecule has 1 aromatic heterocycles. The zero-order valence-electron chi connectivity index (χ0n) is 13.1. The molecule has 0 bridgehead atoms. The highest BCUT2D eigenvalue weighted by Gasteiger charge is 2.19. The topological polar surface area (TPSA) is 51.5 Å². The summed E-state index contributed by atoms with van der Waals surface area (Å²) in [6.07, 6.45) is 1.51. The minimum atomic E-state index is -0.276. The number of carbonyl (C=O) groups excluding carboxylic acids is 1. The third-order valence-electron chi connectivity index (χ3n) is 3.38. The van der Waals surface area contributed by atoms with Crippen molar-refractivity contribution in [2.45, 2.75) is 33.1 Å². The van der Waals surface area contributed by atoms with Gasteiger partial charge in [-0.25, -0.2) is 0 Å². The first-order valence-corrected chi connectivity index (χ1v) is 6.87. The molecule has 1 amide bonds. The number of furan rings is 1. The second-order valence-electron chi connectivity index (χ2n) is 6.05. The Morgan fingerprint density at radius 3 is 2.48 bits per heavy atom. The zero-order valence-corrected chi connectivity index (χ0v) is 13.1. The molecule has 1 aromatic carbocycles. The summed E-state index contributed by atoms with van der Waals surface area (Å²) in [5.74, 6) is 0.667. The maximum atomic E-state index is 12.3. The van der Waals surface area contributed by atoms with Crippen LogP contribution in [0.1, 0.15) is 42.5 Å². The van der Waals surface area contributed by atoms with E-state index in [-0.39, 0.29) is 11.3 Å². The molecule has 112 valence electrons. The van der Waals surface area contributed by atoms with E-state index < -0.39 is 0 Å². The van der Waals surface area contributed by atoms with Crippen LogP contribution in [0.4, 0.5) is 5.69 Å². The number of benzene rings is 1. The van der Waals surface area contributed by atoms with Gasteiger partial charge in [0, 0.05) is 5.56 Å². The van der Waals surface area contributed by atoms with Crippen LogP contribution in [0.15, 0.2) is 34.9 Å². The fourth-order valence-corrected chi connectivity index (χ4v) is 2.06. The molecule has 1 heterocycles. The number of nitrogens with one attached hydrogen (secondary N) is 1. The molecule has 4 heteroatoms. The Hall–Kier alpha value is -2.23. The number of anilines is 1. The van der Waals surface area contributed by atoms with Gasteiger partial charge in [-0.05, 0) is 36.1 Å². The van der Waals surface area contributed by atoms with Gasteiger partial charge in [0.25, 0.3) is 5.91 Å². The van der Waals surface area contributed by atoms with Gasteiger partial charge in [0.05, 0.1) is 19.1 Å². The maximum absolute atomic E-state index is 12.3. The normalized spacial score (nSPS) is 11.3. The number of methoxy groups -OCH3 is 1. The number of hydrogen-bond donors (Lipinski definition) is 1. The van der Waals surface area contributed by atoms with E-state index in [0.29, 0.717) is 17.2 Å². The summed E-state index contributed by atoms with van der Waals surface area (Å²) in [5, 5.41) is 2.86. The van der Waals surface area contributed by atoms with Crippen molar-refractivity contribution in [1.29, 1.82) is 0 Å². The van der Waals surface area contributed by atoms with Crippen LogP contribution in [-0.2, 0) is 5.41 Å². The quantitative estimate of drug-likeness (QED) is 0.922. The van der Waals surface area contributed by atoms with E-state index in [1.54, 1.807) is 13.2 Å². The SMILES string of the molecule is COc1ccc(C(C)(C)C)cc1NC(=O)c1occc1C. The lowest BCUT2D eigenvalue weighted by Crippen LogP contribution is -2.15. The molecule has 0 aliphatic heterocycles. The lowest BCUT2D eigenvalue weighted by Gasteiger charge is -2.21. The third-order valence-corrected chi connectivity index (χ3v) is 3.38. The van der Waals surface area contributed by atoms with Crippen LogP contribution >= 0.6 is 0 Å². The summed E-state index contributed by atoms with van der Waals surface area (Å²) in [6.45, 7) is 8.20. The fraction of sp³-hybridized carbons (Fsp3) is 0.353. The summed E-state index contributed by atoms with van der Waals surface area (Å²) < 4.78 is 10.5. The second-order valence-corrected chi connectivity index (χ2v) is 6.05. The van der Waals surface area contributed by atoms with Crippen molar-refractivity contribution in [1.82, 2.24) is 0 Å². The zero-order chi connectivity index (χ0) is 15.6. The van der Waals surface area contributed by atoms with Gasteiger partial charge >= 0.3 is 0 Å². The van der Waals surface area contributed by atoms with E-state index in [1.807, 2.05) is 25.1 Å². The first-order valence-electron chi connectivity index (χ1n) is 6.87. The van der Waals surface area contributed by atoms with Gasteiger partial charge in [-0.3, -0.25) is 4.79 Å². The predicted octanol–water partition coefficient (Wildman–Crippen LogP) is 4.15. The second kappa shape index (κ2) is 5.64. The van der Waals surface area contributed by atoms with E-state index in [0.717, 1.165) is 11.1 Å². The molecule has 0 saturated heterocycles. The van der Waals surface area contributed by atoms with Crippen molar-refractivity contribution in [2.75, 3.05) is 12.4 Å². The van der Waals surface area contributed by atoms with Gasteiger partial charge in [-0.1, -0.05) is 26.8 Å². The molecular weight excluding hydrogens is 266 g/mol. The first kappa shape index (κ1) is 15.2. The third kappa shape index (κ3) is 3.27. The smallest absolute Gasteiger partial charge is 0.291 e. The standard InChI is InChI=1S/C17H21NO3/c1-11-8-9-21-15(11)16(19)18-13-10-12(17(2,3)4)6-7-14(13)20-5/h6-10H,1-5H3,(H,18,19). The number of hydrogen-bond acceptors (Lipinski definition) is 3. The highest BCUT2D eigenvalue weighted by Crippen LogP contribution is 2.31. The predicted molar refractivity (Wildman–Crippen MR) is 83.1 cm³/mol. The maximum Gasteiger partial charge on any atom is 0.291 e. The lowest BCUT2D eigenvalue weighted by atomic mass is 9.87. The summed E-state index contributed by atoms with van der Waals surface area (Å²) >= 11 is 0. The average molecular weight is 287 g/mol. The monoisotopic (exact) mass is 287 g/mol. The van der Waals surface area contributed by atoms with Crippen molar-refractivity contribution in [2.24, 2.45) is 0 Å². The van der Waals surface area contributed by atoms with Crippen LogP contribution in [0, 0.1) is 6.92 Å². The van der Waals surface area contributed by atoms with Crippen molar-refractivity contribution >= 4 is 11.6 Å². The highest BCUT2D eigenvalue weighted by atomic mass is 16.5. The Morgan fingerprint density at radius 2 is 1.95 bits per heavy atom. The molecule has 0 fully saturated rings. The Morgan fingerprint density at radius 1 is 1.24 bits per heavy atom.